The van der Waals surface area contributed by atoms with Gasteiger partial charge in [0.05, 0.1) is 11.4 Å². The molecular weight excluding hydrogens is 563 g/mol. The average Bonchev–Trinajstić information content (AvgIpc) is 3.33. The average molecular weight is 609 g/mol. The van der Waals surface area contributed by atoms with Crippen LogP contribution in [0.25, 0.3) is 38.7 Å². The maximum absolute atomic E-state index is 4.49. The van der Waals surface area contributed by atoms with E-state index in [-0.39, 0.29) is 10.8 Å². The molecule has 5 aromatic rings. The van der Waals surface area contributed by atoms with Crippen molar-refractivity contribution in [3.8, 4) is 0 Å². The fourth-order valence-corrected chi connectivity index (χ4v) is 7.34. The molecule has 0 saturated heterocycles. The lowest BCUT2D eigenvalue weighted by atomic mass is 9.53. The number of thiophene rings is 1. The van der Waals surface area contributed by atoms with Crippen LogP contribution in [-0.2, 0) is 6.42 Å². The number of hydrogen-bond donors (Lipinski definition) is 0. The first-order chi connectivity index (χ1) is 21.4. The van der Waals surface area contributed by atoms with Crippen molar-refractivity contribution in [3.63, 3.8) is 0 Å². The van der Waals surface area contributed by atoms with Gasteiger partial charge in [-0.3, -0.25) is 4.99 Å². The molecule has 2 nitrogen and oxygen atoms in total. The van der Waals surface area contributed by atoms with E-state index < -0.39 is 0 Å². The van der Waals surface area contributed by atoms with Crippen molar-refractivity contribution in [1.29, 1.82) is 0 Å². The number of benzene rings is 4. The highest BCUT2D eigenvalue weighted by Gasteiger charge is 2.32. The summed E-state index contributed by atoms with van der Waals surface area (Å²) in [6.45, 7) is 18.1. The number of anilines is 1. The molecule has 4 heteroatoms. The van der Waals surface area contributed by atoms with Crippen LogP contribution in [0.5, 0.6) is 0 Å². The van der Waals surface area contributed by atoms with Crippen LogP contribution in [0, 0.1) is 17.8 Å². The third-order valence-corrected chi connectivity index (χ3v) is 11.5. The molecule has 0 unspecified atom stereocenters. The molecule has 4 aromatic carbocycles. The summed E-state index contributed by atoms with van der Waals surface area (Å²) in [5.41, 5.74) is 10.3. The first-order valence-electron chi connectivity index (χ1n) is 16.2. The highest BCUT2D eigenvalue weighted by atomic mass is 32.1. The van der Waals surface area contributed by atoms with E-state index in [0.717, 1.165) is 43.5 Å². The van der Waals surface area contributed by atoms with Crippen LogP contribution in [0.1, 0.15) is 68.2 Å². The Morgan fingerprint density at radius 1 is 0.978 bits per heavy atom. The van der Waals surface area contributed by atoms with Crippen LogP contribution in [0.15, 0.2) is 83.9 Å². The Balaban J connectivity index is 1.46. The Morgan fingerprint density at radius 3 is 2.38 bits per heavy atom. The van der Waals surface area contributed by atoms with E-state index in [0.29, 0.717) is 0 Å². The van der Waals surface area contributed by atoms with E-state index in [9.17, 15) is 0 Å². The SMILES string of the molecule is C=Nc1cc2ccccc2cc1N(C)/C(=C\c1c(C)sc2cc3c(cc12)CCC=C3)c1ccc(BCC(C)(C)C(C)(C)C)cc1. The van der Waals surface area contributed by atoms with Gasteiger partial charge in [-0.2, -0.15) is 0 Å². The first-order valence-corrected chi connectivity index (χ1v) is 17.0. The van der Waals surface area contributed by atoms with Crippen molar-refractivity contribution in [2.24, 2.45) is 15.8 Å². The van der Waals surface area contributed by atoms with Gasteiger partial charge >= 0.3 is 0 Å². The molecule has 0 N–H and O–H groups in total. The molecule has 228 valence electrons. The summed E-state index contributed by atoms with van der Waals surface area (Å²) in [5.74, 6) is 0. The van der Waals surface area contributed by atoms with Gasteiger partial charge in [-0.25, -0.2) is 0 Å². The van der Waals surface area contributed by atoms with E-state index in [1.54, 1.807) is 0 Å². The quantitative estimate of drug-likeness (QED) is 0.126. The van der Waals surface area contributed by atoms with Gasteiger partial charge in [0.25, 0.3) is 0 Å². The molecule has 0 atom stereocenters. The largest absolute Gasteiger partial charge is 0.342 e. The third-order valence-electron chi connectivity index (χ3n) is 10.4. The van der Waals surface area contributed by atoms with E-state index in [4.69, 9.17) is 0 Å². The second-order valence-electron chi connectivity index (χ2n) is 14.3. The molecule has 1 aliphatic carbocycles. The fraction of sp³-hybridized carbons (Fsp3) is 0.293. The molecule has 0 radical (unpaired) electrons. The van der Waals surface area contributed by atoms with Gasteiger partial charge in [0.1, 0.15) is 0 Å². The van der Waals surface area contributed by atoms with Gasteiger partial charge < -0.3 is 4.90 Å². The number of fused-ring (bicyclic) bond motifs is 3. The second-order valence-corrected chi connectivity index (χ2v) is 15.6. The predicted octanol–water partition coefficient (Wildman–Crippen LogP) is 10.8. The van der Waals surface area contributed by atoms with Gasteiger partial charge in [0, 0.05) is 27.7 Å². The molecular formula is C41H45BN2S. The Morgan fingerprint density at radius 2 is 1.69 bits per heavy atom. The third kappa shape index (κ3) is 6.18. The zero-order chi connectivity index (χ0) is 31.9. The van der Waals surface area contributed by atoms with Gasteiger partial charge in [0.2, 0.25) is 0 Å². The maximum atomic E-state index is 4.49. The summed E-state index contributed by atoms with van der Waals surface area (Å²) in [5, 5.41) is 3.71. The van der Waals surface area contributed by atoms with Crippen LogP contribution >= 0.6 is 11.3 Å². The summed E-state index contributed by atoms with van der Waals surface area (Å²) in [6, 6.07) is 27.0. The minimum Gasteiger partial charge on any atom is -0.342 e. The number of rotatable bonds is 8. The number of allylic oxidation sites excluding steroid dienone is 1. The van der Waals surface area contributed by atoms with Crippen molar-refractivity contribution in [1.82, 2.24) is 0 Å². The molecule has 0 aliphatic heterocycles. The smallest absolute Gasteiger partial charge is 0.158 e. The minimum absolute atomic E-state index is 0.258. The highest BCUT2D eigenvalue weighted by Crippen LogP contribution is 2.42. The highest BCUT2D eigenvalue weighted by molar-refractivity contribution is 7.19. The lowest BCUT2D eigenvalue weighted by molar-refractivity contribution is 0.157. The van der Waals surface area contributed by atoms with E-state index in [2.05, 4.69) is 156 Å². The molecule has 0 spiro atoms. The zero-order valence-electron chi connectivity index (χ0n) is 28.0. The van der Waals surface area contributed by atoms with Gasteiger partial charge in [0.15, 0.2) is 7.28 Å². The Labute approximate surface area is 274 Å². The topological polar surface area (TPSA) is 15.6 Å². The van der Waals surface area contributed by atoms with Gasteiger partial charge in [-0.1, -0.05) is 107 Å². The summed E-state index contributed by atoms with van der Waals surface area (Å²) >= 11 is 1.89. The molecule has 1 heterocycles. The normalized spacial score (nSPS) is 13.7. The lowest BCUT2D eigenvalue weighted by Gasteiger charge is -2.39. The van der Waals surface area contributed by atoms with E-state index >= 15 is 0 Å². The molecule has 0 saturated carbocycles. The van der Waals surface area contributed by atoms with Crippen LogP contribution < -0.4 is 10.4 Å². The lowest BCUT2D eigenvalue weighted by Crippen LogP contribution is -2.33. The van der Waals surface area contributed by atoms with E-state index in [1.165, 1.54) is 53.5 Å². The number of aryl methyl sites for hydroxylation is 2. The molecule has 0 amide bonds. The molecule has 0 bridgehead atoms. The fourth-order valence-electron chi connectivity index (χ4n) is 6.27. The Hall–Kier alpha value is -3.89. The molecule has 1 aromatic heterocycles. The van der Waals surface area contributed by atoms with E-state index in [1.807, 2.05) is 11.3 Å². The Kier molecular flexibility index (Phi) is 8.39. The molecule has 0 fully saturated rings. The van der Waals surface area contributed by atoms with Crippen LogP contribution in [0.3, 0.4) is 0 Å². The van der Waals surface area contributed by atoms with Gasteiger partial charge in [-0.05, 0) is 101 Å². The zero-order valence-corrected chi connectivity index (χ0v) is 28.8. The van der Waals surface area contributed by atoms with Crippen LogP contribution in [-0.4, -0.2) is 21.0 Å². The van der Waals surface area contributed by atoms with Crippen molar-refractivity contribution >= 4 is 80.9 Å². The summed E-state index contributed by atoms with van der Waals surface area (Å²) in [4.78, 5) is 8.13. The summed E-state index contributed by atoms with van der Waals surface area (Å²) in [7, 11) is 3.24. The van der Waals surface area contributed by atoms with Crippen molar-refractivity contribution in [2.75, 3.05) is 11.9 Å². The van der Waals surface area contributed by atoms with Crippen LogP contribution in [0.4, 0.5) is 11.4 Å². The first kappa shape index (κ1) is 31.1. The number of hydrogen-bond acceptors (Lipinski definition) is 3. The standard InChI is InChI=1S/C41H45BN2S/c1-27-34(35-21-29-13-9-12-16-32(29)24-39(35)45-27)25-37(28-17-19-33(20-18-28)42-26-41(5,6)40(2,3)4)44(8)38-23-31-15-11-10-14-30(31)22-36(38)43-7/h10-12,14-25,42H,7,9,13,26H2,1-6,8H3/b37-25-. The van der Waals surface area contributed by atoms with Crippen molar-refractivity contribution in [3.05, 3.63) is 106 Å². The maximum Gasteiger partial charge on any atom is 0.158 e. The second kappa shape index (κ2) is 12.1. The summed E-state index contributed by atoms with van der Waals surface area (Å²) in [6.07, 6.45) is 10.4. The van der Waals surface area contributed by atoms with Gasteiger partial charge in [-0.15, -0.1) is 11.3 Å². The minimum atomic E-state index is 0.258. The molecule has 1 aliphatic rings. The number of aliphatic imine (C=N–C) groups is 1. The predicted molar refractivity (Wildman–Crippen MR) is 205 cm³/mol. The molecule has 6 rings (SSSR count). The van der Waals surface area contributed by atoms with Crippen LogP contribution in [0.2, 0.25) is 6.32 Å². The Bertz CT molecular complexity index is 1950. The van der Waals surface area contributed by atoms with Crippen molar-refractivity contribution < 1.29 is 0 Å². The summed E-state index contributed by atoms with van der Waals surface area (Å²) < 4.78 is 1.35. The monoisotopic (exact) mass is 608 g/mol. The van der Waals surface area contributed by atoms with Crippen molar-refractivity contribution in [2.45, 2.75) is 60.7 Å². The number of nitrogens with zero attached hydrogens (tertiary/aromatic N) is 2. The molecule has 45 heavy (non-hydrogen) atoms.